The second kappa shape index (κ2) is 6.32. The number of hydrogen-bond acceptors (Lipinski definition) is 4. The third-order valence-electron chi connectivity index (χ3n) is 3.62. The molecule has 1 aliphatic heterocycles. The summed E-state index contributed by atoms with van der Waals surface area (Å²) in [5.41, 5.74) is 1.53. The first-order chi connectivity index (χ1) is 10.2. The molecule has 1 saturated heterocycles. The highest BCUT2D eigenvalue weighted by atomic mass is 35.5. The average molecular weight is 326 g/mol. The Balaban J connectivity index is 2.03. The Kier molecular flexibility index (Phi) is 4.85. The van der Waals surface area contributed by atoms with E-state index in [0.717, 1.165) is 24.3 Å². The van der Waals surface area contributed by atoms with Crippen molar-refractivity contribution in [2.24, 2.45) is 0 Å². The van der Waals surface area contributed by atoms with Crippen LogP contribution in [0.25, 0.3) is 0 Å². The number of amides is 1. The van der Waals surface area contributed by atoms with Crippen LogP contribution in [-0.2, 0) is 4.74 Å². The summed E-state index contributed by atoms with van der Waals surface area (Å²) in [7, 11) is 0. The van der Waals surface area contributed by atoms with Gasteiger partial charge < -0.3 is 14.5 Å². The maximum absolute atomic E-state index is 12.2. The fourth-order valence-corrected chi connectivity index (χ4v) is 2.60. The summed E-state index contributed by atoms with van der Waals surface area (Å²) in [6, 6.07) is 2.12. The molecule has 1 aliphatic rings. The Hall–Kier alpha value is -1.49. The van der Waals surface area contributed by atoms with Crippen molar-refractivity contribution >= 4 is 23.4 Å². The third kappa shape index (κ3) is 4.03. The van der Waals surface area contributed by atoms with E-state index in [4.69, 9.17) is 16.3 Å². The lowest BCUT2D eigenvalue weighted by atomic mass is 10.1. The number of halogens is 1. The van der Waals surface area contributed by atoms with E-state index in [0.29, 0.717) is 11.7 Å². The number of pyridine rings is 1. The molecule has 1 unspecified atom stereocenters. The minimum absolute atomic E-state index is 0.0829. The summed E-state index contributed by atoms with van der Waals surface area (Å²) in [5.74, 6) is 0. The first-order valence-electron chi connectivity index (χ1n) is 7.54. The molecule has 0 radical (unpaired) electrons. The average Bonchev–Trinajstić information content (AvgIpc) is 2.39. The molecule has 0 saturated carbocycles. The minimum atomic E-state index is -0.467. The predicted octanol–water partition coefficient (Wildman–Crippen LogP) is 3.49. The molecule has 1 atom stereocenters. The number of hydrogen-bond donors (Lipinski definition) is 0. The molecule has 6 heteroatoms. The van der Waals surface area contributed by atoms with Gasteiger partial charge in [0.2, 0.25) is 0 Å². The zero-order valence-corrected chi connectivity index (χ0v) is 14.6. The van der Waals surface area contributed by atoms with E-state index in [2.05, 4.69) is 9.88 Å². The van der Waals surface area contributed by atoms with Gasteiger partial charge in [-0.2, -0.15) is 0 Å². The highest BCUT2D eigenvalue weighted by molar-refractivity contribution is 6.30. The van der Waals surface area contributed by atoms with Gasteiger partial charge in [0.25, 0.3) is 0 Å². The van der Waals surface area contributed by atoms with Crippen LogP contribution in [0, 0.1) is 6.92 Å². The Morgan fingerprint density at radius 2 is 2.09 bits per heavy atom. The first kappa shape index (κ1) is 16.9. The van der Waals surface area contributed by atoms with Crippen LogP contribution in [0.2, 0.25) is 5.15 Å². The number of anilines is 1. The van der Waals surface area contributed by atoms with Gasteiger partial charge in [0.15, 0.2) is 0 Å². The molecule has 2 heterocycles. The van der Waals surface area contributed by atoms with E-state index in [1.807, 2.05) is 40.7 Å². The standard InChI is InChI=1S/C16H24ClN3O2/c1-11-8-13(9-18-14(11)17)19-6-7-20(12(2)10-19)15(21)22-16(3,4)5/h8-9,12H,6-7,10H2,1-5H3. The summed E-state index contributed by atoms with van der Waals surface area (Å²) in [6.07, 6.45) is 1.54. The minimum Gasteiger partial charge on any atom is -0.444 e. The fraction of sp³-hybridized carbons (Fsp3) is 0.625. The highest BCUT2D eigenvalue weighted by Crippen LogP contribution is 2.23. The monoisotopic (exact) mass is 325 g/mol. The van der Waals surface area contributed by atoms with Crippen LogP contribution in [0.15, 0.2) is 12.3 Å². The molecule has 1 amide bonds. The van der Waals surface area contributed by atoms with Crippen molar-refractivity contribution in [1.29, 1.82) is 0 Å². The summed E-state index contributed by atoms with van der Waals surface area (Å²) in [5, 5.41) is 0.532. The molecule has 2 rings (SSSR count). The smallest absolute Gasteiger partial charge is 0.410 e. The van der Waals surface area contributed by atoms with Crippen LogP contribution in [-0.4, -0.2) is 47.3 Å². The second-order valence-electron chi connectivity index (χ2n) is 6.77. The molecule has 0 N–H and O–H groups in total. The van der Waals surface area contributed by atoms with Gasteiger partial charge in [0.1, 0.15) is 10.8 Å². The molecular weight excluding hydrogens is 302 g/mol. The Morgan fingerprint density at radius 1 is 1.41 bits per heavy atom. The largest absolute Gasteiger partial charge is 0.444 e. The van der Waals surface area contributed by atoms with Gasteiger partial charge in [-0.05, 0) is 46.2 Å². The maximum Gasteiger partial charge on any atom is 0.410 e. The molecule has 0 spiro atoms. The number of rotatable bonds is 1. The summed E-state index contributed by atoms with van der Waals surface area (Å²) in [4.78, 5) is 20.4. The molecular formula is C16H24ClN3O2. The van der Waals surface area contributed by atoms with Gasteiger partial charge >= 0.3 is 6.09 Å². The first-order valence-corrected chi connectivity index (χ1v) is 7.92. The third-order valence-corrected chi connectivity index (χ3v) is 4.02. The quantitative estimate of drug-likeness (QED) is 0.741. The van der Waals surface area contributed by atoms with Crippen LogP contribution >= 0.6 is 11.6 Å². The van der Waals surface area contributed by atoms with Gasteiger partial charge in [-0.3, -0.25) is 0 Å². The Morgan fingerprint density at radius 3 is 2.64 bits per heavy atom. The molecule has 0 aromatic carbocycles. The molecule has 0 bridgehead atoms. The molecule has 1 aromatic rings. The van der Waals surface area contributed by atoms with E-state index in [9.17, 15) is 4.79 Å². The van der Waals surface area contributed by atoms with Crippen LogP contribution in [0.1, 0.15) is 33.3 Å². The van der Waals surface area contributed by atoms with Crippen molar-refractivity contribution < 1.29 is 9.53 Å². The maximum atomic E-state index is 12.2. The fourth-order valence-electron chi connectivity index (χ4n) is 2.50. The number of carbonyl (C=O) groups is 1. The molecule has 1 aromatic heterocycles. The number of piperazine rings is 1. The van der Waals surface area contributed by atoms with Crippen molar-refractivity contribution in [3.63, 3.8) is 0 Å². The zero-order valence-electron chi connectivity index (χ0n) is 13.9. The van der Waals surface area contributed by atoms with Gasteiger partial charge in [-0.1, -0.05) is 11.6 Å². The Labute approximate surface area is 137 Å². The summed E-state index contributed by atoms with van der Waals surface area (Å²) < 4.78 is 5.46. The lowest BCUT2D eigenvalue weighted by Gasteiger charge is -2.41. The predicted molar refractivity (Wildman–Crippen MR) is 88.6 cm³/mol. The van der Waals surface area contributed by atoms with Crippen molar-refractivity contribution in [2.45, 2.75) is 46.3 Å². The molecule has 5 nitrogen and oxygen atoms in total. The SMILES string of the molecule is Cc1cc(N2CCN(C(=O)OC(C)(C)C)C(C)C2)cnc1Cl. The molecule has 1 fully saturated rings. The van der Waals surface area contributed by atoms with Crippen molar-refractivity contribution in [3.05, 3.63) is 23.0 Å². The number of aromatic nitrogens is 1. The van der Waals surface area contributed by atoms with Gasteiger partial charge in [0.05, 0.1) is 11.9 Å². The van der Waals surface area contributed by atoms with E-state index in [1.54, 1.807) is 11.1 Å². The number of nitrogens with zero attached hydrogens (tertiary/aromatic N) is 3. The molecule has 122 valence electrons. The van der Waals surface area contributed by atoms with Crippen molar-refractivity contribution in [2.75, 3.05) is 24.5 Å². The van der Waals surface area contributed by atoms with Gasteiger partial charge in [0, 0.05) is 25.7 Å². The lowest BCUT2D eigenvalue weighted by Crippen LogP contribution is -2.55. The van der Waals surface area contributed by atoms with E-state index in [-0.39, 0.29) is 12.1 Å². The van der Waals surface area contributed by atoms with Gasteiger partial charge in [-0.25, -0.2) is 9.78 Å². The zero-order chi connectivity index (χ0) is 16.5. The van der Waals surface area contributed by atoms with Crippen LogP contribution in [0.3, 0.4) is 0 Å². The normalized spacial score (nSPS) is 19.3. The van der Waals surface area contributed by atoms with E-state index in [1.165, 1.54) is 0 Å². The Bertz CT molecular complexity index is 557. The summed E-state index contributed by atoms with van der Waals surface area (Å²) in [6.45, 7) is 11.8. The van der Waals surface area contributed by atoms with Crippen molar-refractivity contribution in [3.8, 4) is 0 Å². The summed E-state index contributed by atoms with van der Waals surface area (Å²) >= 11 is 5.98. The van der Waals surface area contributed by atoms with Crippen LogP contribution in [0.5, 0.6) is 0 Å². The highest BCUT2D eigenvalue weighted by Gasteiger charge is 2.31. The number of carbonyl (C=O) groups excluding carboxylic acids is 1. The second-order valence-corrected chi connectivity index (χ2v) is 7.13. The van der Waals surface area contributed by atoms with Crippen LogP contribution < -0.4 is 4.90 Å². The van der Waals surface area contributed by atoms with E-state index < -0.39 is 5.60 Å². The molecule has 22 heavy (non-hydrogen) atoms. The van der Waals surface area contributed by atoms with Gasteiger partial charge in [-0.15, -0.1) is 0 Å². The number of ether oxygens (including phenoxy) is 1. The van der Waals surface area contributed by atoms with E-state index >= 15 is 0 Å². The topological polar surface area (TPSA) is 45.7 Å². The lowest BCUT2D eigenvalue weighted by molar-refractivity contribution is 0.0159. The van der Waals surface area contributed by atoms with Crippen molar-refractivity contribution in [1.82, 2.24) is 9.88 Å². The molecule has 0 aliphatic carbocycles. The number of aryl methyl sites for hydroxylation is 1. The van der Waals surface area contributed by atoms with Crippen LogP contribution in [0.4, 0.5) is 10.5 Å².